The van der Waals surface area contributed by atoms with Crippen LogP contribution in [0.1, 0.15) is 98.1 Å². The second kappa shape index (κ2) is 14.1. The van der Waals surface area contributed by atoms with Crippen LogP contribution in [0.2, 0.25) is 10.0 Å². The van der Waals surface area contributed by atoms with Crippen LogP contribution in [-0.2, 0) is 20.7 Å². The third kappa shape index (κ3) is 5.94. The highest BCUT2D eigenvalue weighted by molar-refractivity contribution is 6.43. The molecule has 6 heterocycles. The summed E-state index contributed by atoms with van der Waals surface area (Å²) in [5, 5.41) is 24.8. The molecule has 11 rings (SSSR count). The van der Waals surface area contributed by atoms with Crippen LogP contribution in [0.15, 0.2) is 36.5 Å². The lowest BCUT2D eigenvalue weighted by molar-refractivity contribution is -0.145. The Balaban J connectivity index is 1.12. The summed E-state index contributed by atoms with van der Waals surface area (Å²) < 4.78 is 26.7. The lowest BCUT2D eigenvalue weighted by Crippen LogP contribution is -2.41. The Morgan fingerprint density at radius 1 is 1.09 bits per heavy atom. The lowest BCUT2D eigenvalue weighted by Gasteiger charge is -2.39. The molecule has 3 aliphatic heterocycles. The molecule has 5 aromatic rings. The number of aryl methyl sites for hydroxylation is 2. The van der Waals surface area contributed by atoms with Gasteiger partial charge in [0.05, 0.1) is 58.5 Å². The van der Waals surface area contributed by atoms with Crippen LogP contribution in [-0.4, -0.2) is 67.6 Å². The number of carbonyl (C=O) groups is 2. The molecule has 7 atom stereocenters. The molecule has 57 heavy (non-hydrogen) atoms. The number of hydrogen-bond acceptors (Lipinski definition) is 8. The van der Waals surface area contributed by atoms with Crippen LogP contribution in [0.3, 0.4) is 0 Å². The zero-order valence-electron chi connectivity index (χ0n) is 31.9. The molecule has 3 aliphatic carbocycles. The largest absolute Gasteiger partial charge is 0.469 e. The summed E-state index contributed by atoms with van der Waals surface area (Å²) in [6.07, 6.45) is 8.32. The van der Waals surface area contributed by atoms with Crippen molar-refractivity contribution < 1.29 is 18.7 Å². The van der Waals surface area contributed by atoms with Gasteiger partial charge in [0.2, 0.25) is 5.91 Å². The first-order valence-corrected chi connectivity index (χ1v) is 20.9. The van der Waals surface area contributed by atoms with E-state index >= 15 is 4.39 Å². The molecule has 7 unspecified atom stereocenters. The first-order chi connectivity index (χ1) is 27.6. The van der Waals surface area contributed by atoms with Gasteiger partial charge in [0.25, 0.3) is 0 Å². The van der Waals surface area contributed by atoms with Crippen molar-refractivity contribution in [3.05, 3.63) is 75.0 Å². The van der Waals surface area contributed by atoms with Crippen LogP contribution in [0.25, 0.3) is 32.9 Å². The van der Waals surface area contributed by atoms with Crippen LogP contribution >= 0.6 is 23.2 Å². The Labute approximate surface area is 339 Å². The molecule has 3 aromatic heterocycles. The van der Waals surface area contributed by atoms with Crippen LogP contribution in [0, 0.1) is 41.8 Å². The number of carbonyl (C=O) groups excluding carboxylic acids is 2. The molecular formula is C43H43Cl2FN8O3. The van der Waals surface area contributed by atoms with Gasteiger partial charge in [-0.2, -0.15) is 5.26 Å². The maximum Gasteiger partial charge on any atom is 0.308 e. The van der Waals surface area contributed by atoms with Crippen LogP contribution in [0.5, 0.6) is 0 Å². The van der Waals surface area contributed by atoms with Gasteiger partial charge in [-0.25, -0.2) is 14.1 Å². The zero-order valence-corrected chi connectivity index (χ0v) is 33.4. The highest BCUT2D eigenvalue weighted by atomic mass is 35.5. The van der Waals surface area contributed by atoms with E-state index in [4.69, 9.17) is 32.9 Å². The fourth-order valence-corrected chi connectivity index (χ4v) is 10.9. The number of aromatic nitrogens is 5. The van der Waals surface area contributed by atoms with E-state index in [1.54, 1.807) is 18.2 Å². The monoisotopic (exact) mass is 808 g/mol. The van der Waals surface area contributed by atoms with E-state index in [1.807, 2.05) is 23.9 Å². The first-order valence-electron chi connectivity index (χ1n) is 20.2. The van der Waals surface area contributed by atoms with Gasteiger partial charge in [-0.15, -0.1) is 5.10 Å². The Hall–Kier alpha value is -4.57. The van der Waals surface area contributed by atoms with Gasteiger partial charge >= 0.3 is 5.97 Å². The average Bonchev–Trinajstić information content (AvgIpc) is 3.87. The van der Waals surface area contributed by atoms with E-state index in [2.05, 4.69) is 37.2 Å². The fourth-order valence-electron chi connectivity index (χ4n) is 10.5. The molecule has 6 fully saturated rings. The second-order valence-corrected chi connectivity index (χ2v) is 17.6. The standard InChI is InChI=1S/C43H43Cl2FN8O3/c1-21-29-17-35(34-16-27(19-52(34)42(55)22-8-9-22)53-20-33(50-51-53)23-10-11-25(13-23)43(56)57-2)54(40-26-15-32(40)48-18-26)41(29)30-14-24(5-4-12-47)36(38(46)39(30)49-21)28-6-3-7-31(44)37(28)45/h3,6-7,14,17,20,22-23,25-27,32,34,40,48H,4-5,8-11,13,15-16,18-19H2,1-2H3. The Morgan fingerprint density at radius 3 is 2.65 bits per heavy atom. The number of amides is 1. The molecule has 6 aliphatic rings. The lowest BCUT2D eigenvalue weighted by atomic mass is 9.79. The fraction of sp³-hybridized carbons (Fsp3) is 0.488. The van der Waals surface area contributed by atoms with Crippen molar-refractivity contribution in [2.45, 2.75) is 94.8 Å². The van der Waals surface area contributed by atoms with E-state index in [0.717, 1.165) is 60.9 Å². The predicted octanol–water partition coefficient (Wildman–Crippen LogP) is 8.17. The minimum Gasteiger partial charge on any atom is -0.469 e. The smallest absolute Gasteiger partial charge is 0.308 e. The number of methoxy groups -OCH3 is 1. The number of nitriles is 1. The summed E-state index contributed by atoms with van der Waals surface area (Å²) >= 11 is 13.2. The quantitative estimate of drug-likeness (QED) is 0.148. The molecule has 294 valence electrons. The number of nitrogens with one attached hydrogen (secondary N) is 1. The number of pyridine rings is 1. The number of hydrogen-bond donors (Lipinski definition) is 1. The molecule has 11 nitrogen and oxygen atoms in total. The highest BCUT2D eigenvalue weighted by Crippen LogP contribution is 2.52. The van der Waals surface area contributed by atoms with Gasteiger partial charge < -0.3 is 19.5 Å². The van der Waals surface area contributed by atoms with Gasteiger partial charge in [0, 0.05) is 76.9 Å². The molecule has 2 aromatic carbocycles. The highest BCUT2D eigenvalue weighted by Gasteiger charge is 2.51. The van der Waals surface area contributed by atoms with E-state index in [-0.39, 0.29) is 70.8 Å². The van der Waals surface area contributed by atoms with Gasteiger partial charge in [0.1, 0.15) is 5.52 Å². The second-order valence-electron chi connectivity index (χ2n) is 16.8. The summed E-state index contributed by atoms with van der Waals surface area (Å²) in [6.45, 7) is 3.32. The predicted molar refractivity (Wildman–Crippen MR) is 213 cm³/mol. The number of esters is 1. The van der Waals surface area contributed by atoms with Crippen molar-refractivity contribution in [3.8, 4) is 17.2 Å². The molecule has 1 amide bonds. The van der Waals surface area contributed by atoms with Crippen molar-refractivity contribution in [1.82, 2.24) is 34.8 Å². The van der Waals surface area contributed by atoms with E-state index in [9.17, 15) is 14.9 Å². The molecule has 1 N–H and O–H groups in total. The molecule has 2 bridgehead atoms. The number of rotatable bonds is 9. The van der Waals surface area contributed by atoms with E-state index in [0.29, 0.717) is 64.5 Å². The van der Waals surface area contributed by atoms with Gasteiger partial charge in [-0.1, -0.05) is 40.5 Å². The maximum absolute atomic E-state index is 17.3. The number of benzene rings is 2. The SMILES string of the molecule is COC(=O)C1CCC(c2cn(C3CC(c4cc5c(C)nc6c(F)c(-c7cccc(Cl)c7Cl)c(CCC#N)cc6c5n4C4C5CNC4C5)N(C(=O)C4CC4)C3)nn2)C1. The molecule has 3 saturated heterocycles. The molecular weight excluding hydrogens is 766 g/mol. The first kappa shape index (κ1) is 36.7. The summed E-state index contributed by atoms with van der Waals surface area (Å²) in [7, 11) is 1.43. The van der Waals surface area contributed by atoms with E-state index in [1.165, 1.54) is 7.11 Å². The van der Waals surface area contributed by atoms with Crippen molar-refractivity contribution in [3.63, 3.8) is 0 Å². The maximum atomic E-state index is 17.3. The van der Waals surface area contributed by atoms with Crippen molar-refractivity contribution in [1.29, 1.82) is 5.26 Å². The Bertz CT molecular complexity index is 2510. The topological polar surface area (TPSA) is 131 Å². The number of nitrogens with zero attached hydrogens (tertiary/aromatic N) is 7. The van der Waals surface area contributed by atoms with Gasteiger partial charge in [0.15, 0.2) is 5.82 Å². The van der Waals surface area contributed by atoms with Crippen LogP contribution in [0.4, 0.5) is 4.39 Å². The zero-order chi connectivity index (χ0) is 39.3. The number of likely N-dealkylation sites (tertiary alicyclic amines) is 1. The summed E-state index contributed by atoms with van der Waals surface area (Å²) in [4.78, 5) is 33.5. The summed E-state index contributed by atoms with van der Waals surface area (Å²) in [5.41, 5.74) is 5.18. The minimum atomic E-state index is -0.493. The summed E-state index contributed by atoms with van der Waals surface area (Å²) in [5.74, 6) is -0.0888. The Morgan fingerprint density at radius 2 is 1.91 bits per heavy atom. The normalized spacial score (nSPS) is 26.7. The third-order valence-corrected chi connectivity index (χ3v) is 14.4. The van der Waals surface area contributed by atoms with Gasteiger partial charge in [-0.3, -0.25) is 9.59 Å². The molecule has 0 radical (unpaired) electrons. The van der Waals surface area contributed by atoms with Crippen molar-refractivity contribution in [2.24, 2.45) is 17.8 Å². The average molecular weight is 810 g/mol. The van der Waals surface area contributed by atoms with E-state index < -0.39 is 5.82 Å². The Kier molecular flexibility index (Phi) is 9.07. The molecule has 14 heteroatoms. The number of ether oxygens (including phenoxy) is 1. The minimum absolute atomic E-state index is 0.0171. The summed E-state index contributed by atoms with van der Waals surface area (Å²) in [6, 6.07) is 11.6. The molecule has 0 spiro atoms. The van der Waals surface area contributed by atoms with Crippen LogP contribution < -0.4 is 5.32 Å². The third-order valence-electron chi connectivity index (χ3n) is 13.6. The van der Waals surface area contributed by atoms with Crippen molar-refractivity contribution in [2.75, 3.05) is 20.2 Å². The number of halogens is 3. The van der Waals surface area contributed by atoms with Crippen molar-refractivity contribution >= 4 is 56.9 Å². The van der Waals surface area contributed by atoms with Gasteiger partial charge in [-0.05, 0) is 88.0 Å². The number of fused-ring (bicyclic) bond motifs is 4. The molecule has 3 saturated carbocycles.